The Morgan fingerprint density at radius 1 is 1.50 bits per heavy atom. The fourth-order valence-corrected chi connectivity index (χ4v) is 1.38. The van der Waals surface area contributed by atoms with Crippen molar-refractivity contribution < 1.29 is 13.6 Å². The quantitative estimate of drug-likeness (QED) is 0.755. The van der Waals surface area contributed by atoms with Crippen LogP contribution in [-0.4, -0.2) is 31.5 Å². The molecule has 0 spiro atoms. The summed E-state index contributed by atoms with van der Waals surface area (Å²) in [7, 11) is 0. The Morgan fingerprint density at radius 3 is 2.71 bits per heavy atom. The van der Waals surface area contributed by atoms with E-state index in [2.05, 4.69) is 10.6 Å². The number of hydrogen-bond donors (Lipinski definition) is 2. The van der Waals surface area contributed by atoms with Gasteiger partial charge >= 0.3 is 0 Å². The fourth-order valence-electron chi connectivity index (χ4n) is 1.38. The summed E-state index contributed by atoms with van der Waals surface area (Å²) < 4.78 is 23.5. The lowest BCUT2D eigenvalue weighted by molar-refractivity contribution is -0.124. The molecule has 1 aliphatic rings. The Hall–Kier alpha value is -0.420. The Kier molecular flexibility index (Phi) is 6.74. The third kappa shape index (κ3) is 4.72. The van der Waals surface area contributed by atoms with Crippen LogP contribution in [0.25, 0.3) is 0 Å². The van der Waals surface area contributed by atoms with Gasteiger partial charge in [-0.1, -0.05) is 6.42 Å². The molecule has 1 fully saturated rings. The number of rotatable bonds is 3. The molecule has 6 heteroatoms. The van der Waals surface area contributed by atoms with Gasteiger partial charge in [-0.15, -0.1) is 12.4 Å². The van der Waals surface area contributed by atoms with Crippen LogP contribution in [0.3, 0.4) is 0 Å². The van der Waals surface area contributed by atoms with E-state index in [1.54, 1.807) is 0 Å². The predicted octanol–water partition coefficient (Wildman–Crippen LogP) is 0.932. The molecule has 1 amide bonds. The number of carbonyl (C=O) groups excluding carboxylic acids is 1. The molecule has 84 valence electrons. The second-order valence-corrected chi connectivity index (χ2v) is 3.14. The van der Waals surface area contributed by atoms with Gasteiger partial charge < -0.3 is 10.6 Å². The smallest absolute Gasteiger partial charge is 0.255 e. The molecule has 1 saturated heterocycles. The summed E-state index contributed by atoms with van der Waals surface area (Å²) in [6.07, 6.45) is 0.320. The molecule has 1 atom stereocenters. The van der Waals surface area contributed by atoms with Gasteiger partial charge in [0.05, 0.1) is 12.6 Å². The molecular weight excluding hydrogens is 214 g/mol. The van der Waals surface area contributed by atoms with Gasteiger partial charge in [0.2, 0.25) is 5.91 Å². The lowest BCUT2D eigenvalue weighted by atomic mass is 10.0. The van der Waals surface area contributed by atoms with E-state index < -0.39 is 13.0 Å². The van der Waals surface area contributed by atoms with E-state index in [0.29, 0.717) is 0 Å². The van der Waals surface area contributed by atoms with Crippen molar-refractivity contribution in [1.82, 2.24) is 10.6 Å². The minimum Gasteiger partial charge on any atom is -0.349 e. The highest BCUT2D eigenvalue weighted by Crippen LogP contribution is 2.06. The summed E-state index contributed by atoms with van der Waals surface area (Å²) in [4.78, 5) is 11.2. The van der Waals surface area contributed by atoms with E-state index in [4.69, 9.17) is 0 Å². The summed E-state index contributed by atoms with van der Waals surface area (Å²) in [5, 5.41) is 5.19. The molecule has 2 N–H and O–H groups in total. The molecule has 1 heterocycles. The monoisotopic (exact) mass is 228 g/mol. The van der Waals surface area contributed by atoms with Crippen molar-refractivity contribution in [2.45, 2.75) is 31.7 Å². The molecule has 0 saturated carbocycles. The van der Waals surface area contributed by atoms with Gasteiger partial charge in [-0.25, -0.2) is 8.78 Å². The van der Waals surface area contributed by atoms with E-state index >= 15 is 0 Å². The van der Waals surface area contributed by atoms with Gasteiger partial charge in [0.1, 0.15) is 0 Å². The maximum absolute atomic E-state index is 11.7. The van der Waals surface area contributed by atoms with E-state index in [9.17, 15) is 13.6 Å². The highest BCUT2D eigenvalue weighted by atomic mass is 35.5. The lowest BCUT2D eigenvalue weighted by Crippen LogP contribution is -2.47. The van der Waals surface area contributed by atoms with Gasteiger partial charge in [-0.2, -0.15) is 0 Å². The number of amides is 1. The Morgan fingerprint density at radius 2 is 2.21 bits per heavy atom. The van der Waals surface area contributed by atoms with Crippen molar-refractivity contribution >= 4 is 18.3 Å². The number of piperidine rings is 1. The van der Waals surface area contributed by atoms with Crippen LogP contribution in [0.15, 0.2) is 0 Å². The highest BCUT2D eigenvalue weighted by molar-refractivity contribution is 5.85. The van der Waals surface area contributed by atoms with Crippen molar-refractivity contribution in [1.29, 1.82) is 0 Å². The molecule has 0 aliphatic carbocycles. The molecule has 0 aromatic heterocycles. The van der Waals surface area contributed by atoms with Gasteiger partial charge in [-0.3, -0.25) is 4.79 Å². The summed E-state index contributed by atoms with van der Waals surface area (Å²) >= 11 is 0. The number of alkyl halides is 2. The van der Waals surface area contributed by atoms with Crippen LogP contribution in [0.2, 0.25) is 0 Å². The Labute approximate surface area is 88.0 Å². The van der Waals surface area contributed by atoms with Crippen molar-refractivity contribution in [3.8, 4) is 0 Å². The molecular formula is C8H15ClF2N2O. The van der Waals surface area contributed by atoms with Crippen LogP contribution >= 0.6 is 12.4 Å². The van der Waals surface area contributed by atoms with E-state index in [1.807, 2.05) is 0 Å². The first-order valence-electron chi connectivity index (χ1n) is 4.49. The van der Waals surface area contributed by atoms with Crippen LogP contribution in [0.5, 0.6) is 0 Å². The lowest BCUT2D eigenvalue weighted by Gasteiger charge is -2.22. The zero-order chi connectivity index (χ0) is 9.68. The van der Waals surface area contributed by atoms with Crippen LogP contribution in [0.4, 0.5) is 8.78 Å². The topological polar surface area (TPSA) is 41.1 Å². The molecule has 0 radical (unpaired) electrons. The number of carbonyl (C=O) groups is 1. The number of nitrogens with one attached hydrogen (secondary N) is 2. The second-order valence-electron chi connectivity index (χ2n) is 3.14. The van der Waals surface area contributed by atoms with Crippen molar-refractivity contribution in [2.24, 2.45) is 0 Å². The SMILES string of the molecule is Cl.O=C(NCC(F)F)[C@@H]1CCCCN1. The first kappa shape index (κ1) is 13.6. The molecule has 1 rings (SSSR count). The Bertz CT molecular complexity index is 175. The largest absolute Gasteiger partial charge is 0.349 e. The van der Waals surface area contributed by atoms with Crippen LogP contribution in [-0.2, 0) is 4.79 Å². The standard InChI is InChI=1S/C8H14F2N2O.ClH/c9-7(10)5-12-8(13)6-3-1-2-4-11-6;/h6-7,11H,1-5H2,(H,12,13);1H/t6-;/m0./s1. The molecule has 0 unspecified atom stereocenters. The van der Waals surface area contributed by atoms with Gasteiger partial charge in [-0.05, 0) is 19.4 Å². The van der Waals surface area contributed by atoms with Crippen molar-refractivity contribution in [3.63, 3.8) is 0 Å². The third-order valence-corrected chi connectivity index (χ3v) is 2.06. The Balaban J connectivity index is 0.00000169. The van der Waals surface area contributed by atoms with Gasteiger partial charge in [0, 0.05) is 0 Å². The van der Waals surface area contributed by atoms with E-state index in [1.165, 1.54) is 0 Å². The molecule has 0 aromatic rings. The maximum Gasteiger partial charge on any atom is 0.255 e. The zero-order valence-corrected chi connectivity index (χ0v) is 8.58. The predicted molar refractivity (Wildman–Crippen MR) is 51.9 cm³/mol. The molecule has 3 nitrogen and oxygen atoms in total. The molecule has 1 aliphatic heterocycles. The molecule has 14 heavy (non-hydrogen) atoms. The average molecular weight is 229 g/mol. The number of hydrogen-bond acceptors (Lipinski definition) is 2. The van der Waals surface area contributed by atoms with E-state index in [-0.39, 0.29) is 24.4 Å². The minimum absolute atomic E-state index is 0. The first-order chi connectivity index (χ1) is 6.20. The third-order valence-electron chi connectivity index (χ3n) is 2.06. The molecule has 0 bridgehead atoms. The van der Waals surface area contributed by atoms with Crippen LogP contribution in [0, 0.1) is 0 Å². The average Bonchev–Trinajstić information content (AvgIpc) is 2.15. The van der Waals surface area contributed by atoms with Crippen LogP contribution < -0.4 is 10.6 Å². The van der Waals surface area contributed by atoms with Crippen molar-refractivity contribution in [2.75, 3.05) is 13.1 Å². The minimum atomic E-state index is -2.47. The van der Waals surface area contributed by atoms with Gasteiger partial charge in [0.25, 0.3) is 6.43 Å². The highest BCUT2D eigenvalue weighted by Gasteiger charge is 2.20. The normalized spacial score (nSPS) is 21.5. The summed E-state index contributed by atoms with van der Waals surface area (Å²) in [5.74, 6) is -0.306. The van der Waals surface area contributed by atoms with Gasteiger partial charge in [0.15, 0.2) is 0 Å². The maximum atomic E-state index is 11.7. The summed E-state index contributed by atoms with van der Waals surface area (Å²) in [6, 6.07) is -0.271. The van der Waals surface area contributed by atoms with Crippen molar-refractivity contribution in [3.05, 3.63) is 0 Å². The molecule has 0 aromatic carbocycles. The second kappa shape index (κ2) is 6.95. The van der Waals surface area contributed by atoms with E-state index in [0.717, 1.165) is 25.8 Å². The first-order valence-corrected chi connectivity index (χ1v) is 4.49. The summed E-state index contributed by atoms with van der Waals surface area (Å²) in [6.45, 7) is 0.254. The zero-order valence-electron chi connectivity index (χ0n) is 7.76. The summed E-state index contributed by atoms with van der Waals surface area (Å²) in [5.41, 5.74) is 0. The fraction of sp³-hybridized carbons (Fsp3) is 0.875. The van der Waals surface area contributed by atoms with Crippen LogP contribution in [0.1, 0.15) is 19.3 Å². The number of halogens is 3.